The third-order valence-electron chi connectivity index (χ3n) is 7.46. The molecule has 0 saturated heterocycles. The summed E-state index contributed by atoms with van der Waals surface area (Å²) in [6, 6.07) is 29.6. The zero-order valence-corrected chi connectivity index (χ0v) is 28.3. The minimum absolute atomic E-state index is 0.0408. The van der Waals surface area contributed by atoms with Gasteiger partial charge in [-0.3, -0.25) is 13.9 Å². The SMILES string of the molecule is CCNC(=O)[C@@H](Cc1ccccc1)N(Cc1ccc(C)cc1)C(=O)CN(c1ccccc1OCC)S(=O)(=O)c1ccc(SC)cc1. The van der Waals surface area contributed by atoms with Crippen LogP contribution in [-0.4, -0.2) is 57.1 Å². The van der Waals surface area contributed by atoms with Gasteiger partial charge < -0.3 is 15.0 Å². The van der Waals surface area contributed by atoms with E-state index in [1.165, 1.54) is 16.7 Å². The number of sulfonamides is 1. The van der Waals surface area contributed by atoms with Gasteiger partial charge in [-0.15, -0.1) is 11.8 Å². The molecule has 0 aliphatic rings. The fourth-order valence-electron chi connectivity index (χ4n) is 5.07. The number of hydrogen-bond acceptors (Lipinski definition) is 6. The molecule has 0 fully saturated rings. The number of carbonyl (C=O) groups excluding carboxylic acids is 2. The Morgan fingerprint density at radius 1 is 0.848 bits per heavy atom. The average Bonchev–Trinajstić information content (AvgIpc) is 3.07. The van der Waals surface area contributed by atoms with Crippen LogP contribution in [-0.2, 0) is 32.6 Å². The lowest BCUT2D eigenvalue weighted by Crippen LogP contribution is -2.53. The Kier molecular flexibility index (Phi) is 12.3. The summed E-state index contributed by atoms with van der Waals surface area (Å²) in [7, 11) is -4.25. The molecule has 10 heteroatoms. The summed E-state index contributed by atoms with van der Waals surface area (Å²) in [4.78, 5) is 30.7. The van der Waals surface area contributed by atoms with Crippen molar-refractivity contribution in [2.24, 2.45) is 0 Å². The van der Waals surface area contributed by atoms with Crippen molar-refractivity contribution in [2.45, 2.75) is 49.6 Å². The highest BCUT2D eigenvalue weighted by molar-refractivity contribution is 7.98. The van der Waals surface area contributed by atoms with Crippen LogP contribution in [0.15, 0.2) is 113 Å². The molecule has 0 bridgehead atoms. The smallest absolute Gasteiger partial charge is 0.264 e. The van der Waals surface area contributed by atoms with Crippen molar-refractivity contribution in [3.05, 3.63) is 120 Å². The third kappa shape index (κ3) is 8.70. The van der Waals surface area contributed by atoms with Crippen LogP contribution in [0.2, 0.25) is 0 Å². The number of ether oxygens (including phenoxy) is 1. The molecule has 0 aromatic heterocycles. The lowest BCUT2D eigenvalue weighted by molar-refractivity contribution is -0.140. The van der Waals surface area contributed by atoms with Crippen LogP contribution < -0.4 is 14.4 Å². The van der Waals surface area contributed by atoms with E-state index in [1.807, 2.05) is 81.6 Å². The van der Waals surface area contributed by atoms with Crippen molar-refractivity contribution in [3.8, 4) is 5.75 Å². The maximum absolute atomic E-state index is 14.6. The molecule has 4 aromatic carbocycles. The molecule has 4 rings (SSSR count). The number of benzene rings is 4. The molecular weight excluding hydrogens is 619 g/mol. The van der Waals surface area contributed by atoms with Crippen molar-refractivity contribution in [1.29, 1.82) is 0 Å². The molecule has 0 saturated carbocycles. The number of amides is 2. The molecule has 1 N–H and O–H groups in total. The average molecular weight is 660 g/mol. The van der Waals surface area contributed by atoms with Crippen LogP contribution in [0.1, 0.15) is 30.5 Å². The molecule has 0 radical (unpaired) electrons. The molecule has 0 spiro atoms. The van der Waals surface area contributed by atoms with Crippen LogP contribution in [0.5, 0.6) is 5.75 Å². The summed E-state index contributed by atoms with van der Waals surface area (Å²) in [5.41, 5.74) is 2.99. The predicted octanol–water partition coefficient (Wildman–Crippen LogP) is 6.09. The number of carbonyl (C=O) groups is 2. The van der Waals surface area contributed by atoms with Crippen molar-refractivity contribution >= 4 is 39.3 Å². The van der Waals surface area contributed by atoms with E-state index in [-0.39, 0.29) is 29.5 Å². The summed E-state index contributed by atoms with van der Waals surface area (Å²) < 4.78 is 35.6. The van der Waals surface area contributed by atoms with Crippen LogP contribution >= 0.6 is 11.8 Å². The molecule has 0 aliphatic carbocycles. The molecule has 2 amide bonds. The minimum atomic E-state index is -4.25. The molecule has 0 aliphatic heterocycles. The van der Waals surface area contributed by atoms with E-state index in [4.69, 9.17) is 4.74 Å². The fraction of sp³-hybridized carbons (Fsp3) is 0.278. The first-order chi connectivity index (χ1) is 22.2. The van der Waals surface area contributed by atoms with Crippen molar-refractivity contribution in [1.82, 2.24) is 10.2 Å². The Labute approximate surface area is 276 Å². The first-order valence-corrected chi connectivity index (χ1v) is 17.9. The van der Waals surface area contributed by atoms with Crippen LogP contribution in [0.4, 0.5) is 5.69 Å². The minimum Gasteiger partial charge on any atom is -0.492 e. The molecule has 46 heavy (non-hydrogen) atoms. The number of hydrogen-bond donors (Lipinski definition) is 1. The van der Waals surface area contributed by atoms with Crippen molar-refractivity contribution < 1.29 is 22.7 Å². The van der Waals surface area contributed by atoms with E-state index in [2.05, 4.69) is 5.32 Å². The monoisotopic (exact) mass is 659 g/mol. The lowest BCUT2D eigenvalue weighted by Gasteiger charge is -2.34. The maximum atomic E-state index is 14.6. The highest BCUT2D eigenvalue weighted by Crippen LogP contribution is 2.33. The summed E-state index contributed by atoms with van der Waals surface area (Å²) in [5.74, 6) is -0.510. The first-order valence-electron chi connectivity index (χ1n) is 15.2. The normalized spacial score (nSPS) is 11.8. The molecule has 0 heterocycles. The number of anilines is 1. The van der Waals surface area contributed by atoms with E-state index in [0.717, 1.165) is 25.9 Å². The Hall–Kier alpha value is -4.28. The standard InChI is InChI=1S/C36H41N3O5S2/c1-5-37-36(41)33(24-28-12-8-7-9-13-28)38(25-29-18-16-27(3)17-19-29)35(40)26-39(32-14-10-11-15-34(32)44-6-2)46(42,43)31-22-20-30(45-4)21-23-31/h7-23,33H,5-6,24-26H2,1-4H3,(H,37,41)/t33-/m1/s1. The van der Waals surface area contributed by atoms with E-state index < -0.39 is 28.5 Å². The zero-order chi connectivity index (χ0) is 33.1. The summed E-state index contributed by atoms with van der Waals surface area (Å²) in [5, 5.41) is 2.89. The molecule has 8 nitrogen and oxygen atoms in total. The number of para-hydroxylation sites is 2. The van der Waals surface area contributed by atoms with Crippen LogP contribution in [0.25, 0.3) is 0 Å². The number of rotatable bonds is 15. The summed E-state index contributed by atoms with van der Waals surface area (Å²) in [6.45, 7) is 5.85. The number of nitrogens with zero attached hydrogens (tertiary/aromatic N) is 2. The topological polar surface area (TPSA) is 96.0 Å². The number of aryl methyl sites for hydroxylation is 1. The zero-order valence-electron chi connectivity index (χ0n) is 26.7. The van der Waals surface area contributed by atoms with Gasteiger partial charge in [-0.05, 0) is 74.6 Å². The third-order valence-corrected chi connectivity index (χ3v) is 9.97. The molecule has 1 atom stereocenters. The van der Waals surface area contributed by atoms with Crippen LogP contribution in [0, 0.1) is 6.92 Å². The van der Waals surface area contributed by atoms with Gasteiger partial charge in [0, 0.05) is 24.4 Å². The first kappa shape index (κ1) is 34.6. The quantitative estimate of drug-likeness (QED) is 0.155. The second-order valence-electron chi connectivity index (χ2n) is 10.7. The van der Waals surface area contributed by atoms with Gasteiger partial charge in [0.25, 0.3) is 10.0 Å². The Morgan fingerprint density at radius 2 is 1.50 bits per heavy atom. The van der Waals surface area contributed by atoms with Gasteiger partial charge in [0.2, 0.25) is 11.8 Å². The predicted molar refractivity (Wildman–Crippen MR) is 185 cm³/mol. The highest BCUT2D eigenvalue weighted by atomic mass is 32.2. The maximum Gasteiger partial charge on any atom is 0.264 e. The molecular formula is C36H41N3O5S2. The molecule has 242 valence electrons. The van der Waals surface area contributed by atoms with Crippen molar-refractivity contribution in [3.63, 3.8) is 0 Å². The second-order valence-corrected chi connectivity index (χ2v) is 13.4. The van der Waals surface area contributed by atoms with Crippen molar-refractivity contribution in [2.75, 3.05) is 30.3 Å². The van der Waals surface area contributed by atoms with Crippen LogP contribution in [0.3, 0.4) is 0 Å². The fourth-order valence-corrected chi connectivity index (χ4v) is 6.90. The van der Waals surface area contributed by atoms with E-state index in [0.29, 0.717) is 18.9 Å². The highest BCUT2D eigenvalue weighted by Gasteiger charge is 2.35. The largest absolute Gasteiger partial charge is 0.492 e. The lowest BCUT2D eigenvalue weighted by atomic mass is 10.0. The molecule has 0 unspecified atom stereocenters. The van der Waals surface area contributed by atoms with Gasteiger partial charge in [0.1, 0.15) is 18.3 Å². The summed E-state index contributed by atoms with van der Waals surface area (Å²) in [6.07, 6.45) is 2.17. The Bertz CT molecular complexity index is 1700. The van der Waals surface area contributed by atoms with Gasteiger partial charge >= 0.3 is 0 Å². The molecule has 4 aromatic rings. The van der Waals surface area contributed by atoms with Gasteiger partial charge in [-0.2, -0.15) is 0 Å². The Balaban J connectivity index is 1.82. The van der Waals surface area contributed by atoms with Gasteiger partial charge in [-0.1, -0.05) is 72.3 Å². The Morgan fingerprint density at radius 3 is 2.13 bits per heavy atom. The summed E-state index contributed by atoms with van der Waals surface area (Å²) >= 11 is 1.50. The van der Waals surface area contributed by atoms with Gasteiger partial charge in [0.05, 0.1) is 17.2 Å². The number of thioether (sulfide) groups is 1. The van der Waals surface area contributed by atoms with Gasteiger partial charge in [0.15, 0.2) is 0 Å². The van der Waals surface area contributed by atoms with E-state index >= 15 is 0 Å². The van der Waals surface area contributed by atoms with E-state index in [9.17, 15) is 18.0 Å². The number of likely N-dealkylation sites (N-methyl/N-ethyl adjacent to an activating group) is 1. The van der Waals surface area contributed by atoms with Gasteiger partial charge in [-0.25, -0.2) is 8.42 Å². The van der Waals surface area contributed by atoms with E-state index in [1.54, 1.807) is 48.5 Å². The number of nitrogens with one attached hydrogen (secondary N) is 1. The second kappa shape index (κ2) is 16.3.